The van der Waals surface area contributed by atoms with Crippen molar-refractivity contribution in [3.8, 4) is 0 Å². The molecule has 28 heavy (non-hydrogen) atoms. The van der Waals surface area contributed by atoms with Crippen LogP contribution in [0, 0.1) is 17.8 Å². The molecule has 3 atom stereocenters. The predicted molar refractivity (Wildman–Crippen MR) is 98.6 cm³/mol. The van der Waals surface area contributed by atoms with Crippen LogP contribution in [-0.2, 0) is 15.8 Å². The van der Waals surface area contributed by atoms with Crippen molar-refractivity contribution in [2.45, 2.75) is 50.7 Å². The molecule has 4 rings (SSSR count). The summed E-state index contributed by atoms with van der Waals surface area (Å²) in [6, 6.07) is 5.23. The number of piperidine rings is 1. The van der Waals surface area contributed by atoms with Gasteiger partial charge >= 0.3 is 6.18 Å². The maximum Gasteiger partial charge on any atom is 0.416 e. The number of hydrogen-bond donors (Lipinski definition) is 1. The van der Waals surface area contributed by atoms with Gasteiger partial charge in [0.2, 0.25) is 5.91 Å². The molecule has 3 fully saturated rings. The van der Waals surface area contributed by atoms with Gasteiger partial charge in [-0.05, 0) is 42.9 Å². The van der Waals surface area contributed by atoms with Gasteiger partial charge in [0.15, 0.2) is 0 Å². The average molecular weight is 394 g/mol. The second-order valence-electron chi connectivity index (χ2n) is 8.34. The zero-order chi connectivity index (χ0) is 19.9. The van der Waals surface area contributed by atoms with Crippen LogP contribution in [0.25, 0.3) is 0 Å². The van der Waals surface area contributed by atoms with E-state index in [1.165, 1.54) is 37.8 Å². The van der Waals surface area contributed by atoms with E-state index in [0.717, 1.165) is 25.2 Å². The van der Waals surface area contributed by atoms with Gasteiger partial charge < -0.3 is 5.32 Å². The number of Topliss-reactive ketones (excluding diaryl/α,β-unsaturated/α-hetero) is 1. The number of carbonyl (C=O) groups excluding carboxylic acids is 2. The lowest BCUT2D eigenvalue weighted by atomic mass is 10.1. The van der Waals surface area contributed by atoms with Gasteiger partial charge in [-0.15, -0.1) is 0 Å². The third-order valence-electron chi connectivity index (χ3n) is 6.51. The molecule has 4 nitrogen and oxygen atoms in total. The Bertz CT molecular complexity index is 746. The van der Waals surface area contributed by atoms with E-state index in [9.17, 15) is 22.8 Å². The Labute approximate surface area is 162 Å². The Morgan fingerprint density at radius 2 is 1.75 bits per heavy atom. The van der Waals surface area contributed by atoms with Crippen LogP contribution in [0.2, 0.25) is 0 Å². The predicted octanol–water partition coefficient (Wildman–Crippen LogP) is 4.11. The molecular weight excluding hydrogens is 369 g/mol. The van der Waals surface area contributed by atoms with Gasteiger partial charge in [0.1, 0.15) is 5.78 Å². The SMILES string of the molecule is O=C(CCC(=O)C1[C@H]2CN(C3CCCC3)C[C@@H]12)Nc1cccc(C(F)(F)F)c1. The molecule has 1 aliphatic heterocycles. The van der Waals surface area contributed by atoms with Crippen LogP contribution < -0.4 is 5.32 Å². The Morgan fingerprint density at radius 1 is 1.07 bits per heavy atom. The van der Waals surface area contributed by atoms with Crippen molar-refractivity contribution in [3.05, 3.63) is 29.8 Å². The largest absolute Gasteiger partial charge is 0.416 e. The van der Waals surface area contributed by atoms with E-state index in [4.69, 9.17) is 0 Å². The maximum absolute atomic E-state index is 12.7. The summed E-state index contributed by atoms with van der Waals surface area (Å²) >= 11 is 0. The molecule has 2 aliphatic carbocycles. The minimum Gasteiger partial charge on any atom is -0.326 e. The standard InChI is InChI=1S/C21H25F3N2O2/c22-21(23,24)13-4-3-5-14(10-13)25-19(28)9-8-18(27)20-16-11-26(12-17(16)20)15-6-1-2-7-15/h3-5,10,15-17,20H,1-2,6-9,11-12H2,(H,25,28)/t16-,17+,20?. The molecule has 1 aromatic carbocycles. The summed E-state index contributed by atoms with van der Waals surface area (Å²) in [7, 11) is 0. The highest BCUT2D eigenvalue weighted by Gasteiger charge is 2.59. The quantitative estimate of drug-likeness (QED) is 0.790. The summed E-state index contributed by atoms with van der Waals surface area (Å²) in [4.78, 5) is 27.0. The normalized spacial score (nSPS) is 27.6. The summed E-state index contributed by atoms with van der Waals surface area (Å²) in [5, 5.41) is 2.46. The molecule has 0 aromatic heterocycles. The first-order valence-electron chi connectivity index (χ1n) is 10.1. The third-order valence-corrected chi connectivity index (χ3v) is 6.51. The van der Waals surface area contributed by atoms with Gasteiger partial charge in [-0.1, -0.05) is 18.9 Å². The highest BCUT2D eigenvalue weighted by molar-refractivity contribution is 5.94. The number of alkyl halides is 3. The minimum atomic E-state index is -4.45. The highest BCUT2D eigenvalue weighted by Crippen LogP contribution is 2.53. The zero-order valence-corrected chi connectivity index (χ0v) is 15.7. The fourth-order valence-corrected chi connectivity index (χ4v) is 5.00. The first-order valence-corrected chi connectivity index (χ1v) is 10.1. The van der Waals surface area contributed by atoms with E-state index in [1.54, 1.807) is 0 Å². The topological polar surface area (TPSA) is 49.4 Å². The van der Waals surface area contributed by atoms with Gasteiger partial charge in [-0.25, -0.2) is 0 Å². The van der Waals surface area contributed by atoms with Crippen LogP contribution in [0.1, 0.15) is 44.1 Å². The second-order valence-corrected chi connectivity index (χ2v) is 8.34. The number of benzene rings is 1. The van der Waals surface area contributed by atoms with E-state index in [2.05, 4.69) is 10.2 Å². The van der Waals surface area contributed by atoms with Gasteiger partial charge in [0, 0.05) is 43.6 Å². The van der Waals surface area contributed by atoms with Gasteiger partial charge in [0.05, 0.1) is 5.56 Å². The number of rotatable bonds is 6. The fourth-order valence-electron chi connectivity index (χ4n) is 5.00. The van der Waals surface area contributed by atoms with Crippen LogP contribution in [-0.4, -0.2) is 35.7 Å². The Kier molecular flexibility index (Phi) is 5.21. The van der Waals surface area contributed by atoms with Crippen molar-refractivity contribution in [3.63, 3.8) is 0 Å². The van der Waals surface area contributed by atoms with E-state index in [1.807, 2.05) is 0 Å². The van der Waals surface area contributed by atoms with Crippen LogP contribution in [0.15, 0.2) is 24.3 Å². The summed E-state index contributed by atoms with van der Waals surface area (Å²) in [5.74, 6) is 0.671. The lowest BCUT2D eigenvalue weighted by Gasteiger charge is -2.26. The summed E-state index contributed by atoms with van der Waals surface area (Å²) in [6.07, 6.45) is 0.872. The molecule has 1 amide bonds. The maximum atomic E-state index is 12.7. The Hall–Kier alpha value is -1.89. The number of amides is 1. The number of likely N-dealkylation sites (tertiary alicyclic amines) is 1. The molecule has 0 bridgehead atoms. The molecule has 1 heterocycles. The monoisotopic (exact) mass is 394 g/mol. The molecule has 152 valence electrons. The molecule has 0 radical (unpaired) electrons. The summed E-state index contributed by atoms with van der Waals surface area (Å²) in [6.45, 7) is 2.00. The van der Waals surface area contributed by atoms with Crippen molar-refractivity contribution >= 4 is 17.4 Å². The number of halogens is 3. The first kappa shape index (κ1) is 19.4. The molecule has 1 saturated heterocycles. The van der Waals surface area contributed by atoms with Crippen molar-refractivity contribution in [2.75, 3.05) is 18.4 Å². The molecule has 7 heteroatoms. The first-order chi connectivity index (χ1) is 13.3. The molecule has 2 saturated carbocycles. The van der Waals surface area contributed by atoms with E-state index < -0.39 is 17.6 Å². The third kappa shape index (κ3) is 4.09. The number of fused-ring (bicyclic) bond motifs is 1. The van der Waals surface area contributed by atoms with Crippen LogP contribution in [0.3, 0.4) is 0 Å². The van der Waals surface area contributed by atoms with Crippen molar-refractivity contribution in [2.24, 2.45) is 17.8 Å². The molecule has 3 aliphatic rings. The van der Waals surface area contributed by atoms with Crippen molar-refractivity contribution < 1.29 is 22.8 Å². The smallest absolute Gasteiger partial charge is 0.326 e. The molecule has 1 unspecified atom stereocenters. The van der Waals surface area contributed by atoms with Crippen molar-refractivity contribution in [1.29, 1.82) is 0 Å². The number of carbonyl (C=O) groups is 2. The molecular formula is C21H25F3N2O2. The number of nitrogens with zero attached hydrogens (tertiary/aromatic N) is 1. The van der Waals surface area contributed by atoms with E-state index in [0.29, 0.717) is 17.9 Å². The molecule has 0 spiro atoms. The van der Waals surface area contributed by atoms with Crippen LogP contribution in [0.5, 0.6) is 0 Å². The number of ketones is 1. The van der Waals surface area contributed by atoms with E-state index >= 15 is 0 Å². The number of nitrogens with one attached hydrogen (secondary N) is 1. The average Bonchev–Trinajstić information content (AvgIpc) is 3.05. The fraction of sp³-hybridized carbons (Fsp3) is 0.619. The minimum absolute atomic E-state index is 0.0113. The molecule has 1 aromatic rings. The number of hydrogen-bond acceptors (Lipinski definition) is 3. The highest BCUT2D eigenvalue weighted by atomic mass is 19.4. The van der Waals surface area contributed by atoms with Crippen LogP contribution >= 0.6 is 0 Å². The van der Waals surface area contributed by atoms with Gasteiger partial charge in [0.25, 0.3) is 0 Å². The lowest BCUT2D eigenvalue weighted by molar-refractivity contribution is -0.137. The Morgan fingerprint density at radius 3 is 2.39 bits per heavy atom. The lowest BCUT2D eigenvalue weighted by Crippen LogP contribution is -2.34. The van der Waals surface area contributed by atoms with Crippen LogP contribution in [0.4, 0.5) is 18.9 Å². The molecule has 1 N–H and O–H groups in total. The second kappa shape index (κ2) is 7.50. The summed E-state index contributed by atoms with van der Waals surface area (Å²) in [5.41, 5.74) is -0.707. The van der Waals surface area contributed by atoms with Gasteiger partial charge in [-0.3, -0.25) is 14.5 Å². The Balaban J connectivity index is 1.21. The van der Waals surface area contributed by atoms with Crippen molar-refractivity contribution in [1.82, 2.24) is 4.90 Å². The van der Waals surface area contributed by atoms with Gasteiger partial charge in [-0.2, -0.15) is 13.2 Å². The number of anilines is 1. The summed E-state index contributed by atoms with van der Waals surface area (Å²) < 4.78 is 38.2. The zero-order valence-electron chi connectivity index (χ0n) is 15.7. The van der Waals surface area contributed by atoms with E-state index in [-0.39, 0.29) is 30.2 Å².